The normalized spacial score (nSPS) is 26.4. The number of β-amino-alcohol motifs (C(OH)–C–C–N with tert-alkyl or cyclic N) is 1. The molecule has 0 aliphatic carbocycles. The molecule has 2 bridgehead atoms. The molecule has 0 saturated carbocycles. The molecule has 2 unspecified atom stereocenters. The number of rotatable bonds is 12. The molecule has 3 saturated heterocycles. The fourth-order valence-corrected chi connectivity index (χ4v) is 6.83. The summed E-state index contributed by atoms with van der Waals surface area (Å²) < 4.78 is 6.56. The third-order valence-electron chi connectivity index (χ3n) is 8.41. The lowest BCUT2D eigenvalue weighted by molar-refractivity contribution is -0.149. The fourth-order valence-electron chi connectivity index (χ4n) is 6.83. The predicted octanol–water partition coefficient (Wildman–Crippen LogP) is 2.78. The van der Waals surface area contributed by atoms with E-state index in [1.165, 1.54) is 4.90 Å². The molecule has 2 aromatic carbocycles. The van der Waals surface area contributed by atoms with Crippen LogP contribution in [0.3, 0.4) is 0 Å². The van der Waals surface area contributed by atoms with E-state index in [-0.39, 0.29) is 30.9 Å². The van der Waals surface area contributed by atoms with E-state index >= 15 is 0 Å². The highest BCUT2D eigenvalue weighted by Gasteiger charge is 2.74. The number of ether oxygens (including phenoxy) is 1. The molecule has 1 N–H and O–H groups in total. The second-order valence-electron chi connectivity index (χ2n) is 10.8. The van der Waals surface area contributed by atoms with E-state index < -0.39 is 29.6 Å². The lowest BCUT2D eigenvalue weighted by atomic mass is 9.70. The Labute approximate surface area is 235 Å². The summed E-state index contributed by atoms with van der Waals surface area (Å²) in [6.45, 7) is 8.73. The van der Waals surface area contributed by atoms with Crippen LogP contribution in [0.5, 0.6) is 0 Å². The number of nitrogens with zero attached hydrogens (tertiary/aromatic N) is 3. The highest BCUT2D eigenvalue weighted by Crippen LogP contribution is 2.59. The van der Waals surface area contributed by atoms with Crippen molar-refractivity contribution in [2.24, 2.45) is 11.8 Å². The molecule has 8 heteroatoms. The maximum absolute atomic E-state index is 14.3. The molecular formula is C32H37N3O5. The highest BCUT2D eigenvalue weighted by atomic mass is 16.5. The summed E-state index contributed by atoms with van der Waals surface area (Å²) in [6.07, 6.45) is 3.99. The predicted molar refractivity (Wildman–Crippen MR) is 151 cm³/mol. The summed E-state index contributed by atoms with van der Waals surface area (Å²) in [5.41, 5.74) is 0.817. The molecule has 0 aromatic heterocycles. The van der Waals surface area contributed by atoms with Crippen molar-refractivity contribution in [1.82, 2.24) is 14.7 Å². The Kier molecular flexibility index (Phi) is 8.19. The summed E-state index contributed by atoms with van der Waals surface area (Å²) in [4.78, 5) is 47.2. The zero-order valence-electron chi connectivity index (χ0n) is 22.7. The van der Waals surface area contributed by atoms with Crippen LogP contribution in [0.1, 0.15) is 24.0 Å². The Morgan fingerprint density at radius 1 is 0.950 bits per heavy atom. The molecule has 3 aliphatic heterocycles. The minimum atomic E-state index is -1.11. The number of fused-ring (bicyclic) bond motifs is 1. The van der Waals surface area contributed by atoms with Gasteiger partial charge in [0.25, 0.3) is 0 Å². The Balaban J connectivity index is 1.47. The monoisotopic (exact) mass is 543 g/mol. The van der Waals surface area contributed by atoms with Gasteiger partial charge in [0.2, 0.25) is 17.7 Å². The van der Waals surface area contributed by atoms with Gasteiger partial charge in [-0.3, -0.25) is 14.4 Å². The summed E-state index contributed by atoms with van der Waals surface area (Å²) in [5.74, 6) is -2.22. The summed E-state index contributed by atoms with van der Waals surface area (Å²) in [7, 11) is 0. The average Bonchev–Trinajstić information content (AvgIpc) is 3.61. The quantitative estimate of drug-likeness (QED) is 0.416. The van der Waals surface area contributed by atoms with E-state index in [2.05, 4.69) is 13.2 Å². The lowest BCUT2D eigenvalue weighted by Crippen LogP contribution is -2.56. The number of hydrogen-bond acceptors (Lipinski definition) is 5. The van der Waals surface area contributed by atoms with Crippen molar-refractivity contribution in [3.05, 3.63) is 97.1 Å². The largest absolute Gasteiger partial charge is 0.395 e. The molecule has 5 rings (SSSR count). The maximum atomic E-state index is 14.3. The van der Waals surface area contributed by atoms with Gasteiger partial charge in [-0.25, -0.2) is 0 Å². The first-order chi connectivity index (χ1) is 19.4. The van der Waals surface area contributed by atoms with E-state index in [0.29, 0.717) is 39.0 Å². The third kappa shape index (κ3) is 4.86. The Bertz CT molecular complexity index is 1250. The molecule has 3 aliphatic rings. The van der Waals surface area contributed by atoms with Crippen LogP contribution in [0, 0.1) is 11.8 Å². The van der Waals surface area contributed by atoms with Crippen LogP contribution >= 0.6 is 0 Å². The molecule has 40 heavy (non-hydrogen) atoms. The Hall–Kier alpha value is -3.75. The zero-order chi connectivity index (χ0) is 28.3. The second-order valence-corrected chi connectivity index (χ2v) is 10.8. The van der Waals surface area contributed by atoms with Gasteiger partial charge < -0.3 is 24.5 Å². The summed E-state index contributed by atoms with van der Waals surface area (Å²) in [5, 5.41) is 9.89. The van der Waals surface area contributed by atoms with Crippen LogP contribution in [0.25, 0.3) is 0 Å². The molecule has 3 fully saturated rings. The molecule has 0 radical (unpaired) electrons. The second kappa shape index (κ2) is 11.8. The lowest BCUT2D eigenvalue weighted by Gasteiger charge is -2.37. The molecule has 2 aromatic rings. The number of carbonyl (C=O) groups excluding carboxylic acids is 3. The van der Waals surface area contributed by atoms with Gasteiger partial charge in [0, 0.05) is 32.7 Å². The smallest absolute Gasteiger partial charge is 0.248 e. The van der Waals surface area contributed by atoms with Crippen molar-refractivity contribution >= 4 is 17.7 Å². The van der Waals surface area contributed by atoms with Crippen molar-refractivity contribution in [3.8, 4) is 0 Å². The van der Waals surface area contributed by atoms with Crippen LogP contribution in [0.2, 0.25) is 0 Å². The number of amides is 3. The number of benzene rings is 2. The van der Waals surface area contributed by atoms with Gasteiger partial charge in [-0.15, -0.1) is 13.2 Å². The third-order valence-corrected chi connectivity index (χ3v) is 8.41. The van der Waals surface area contributed by atoms with Crippen molar-refractivity contribution < 1.29 is 24.2 Å². The topological polar surface area (TPSA) is 90.4 Å². The van der Waals surface area contributed by atoms with Crippen LogP contribution < -0.4 is 0 Å². The minimum absolute atomic E-state index is 0.00389. The maximum Gasteiger partial charge on any atom is 0.248 e. The van der Waals surface area contributed by atoms with Gasteiger partial charge in [0.15, 0.2) is 0 Å². The molecule has 5 atom stereocenters. The standard InChI is InChI=1S/C32H37N3O5/c1-3-17-33(21-23-11-7-5-8-12-23)29(37)26-25-15-16-32(40-25)27(26)30(38)35(19-20-36)28(32)31(39)34(18-4-2)22-24-13-9-6-10-14-24/h3-14,25-28,36H,1-2,15-22H2/t25-,26+,27+,28?,32?/m1/s1. The van der Waals surface area contributed by atoms with E-state index in [1.54, 1.807) is 22.0 Å². The van der Waals surface area contributed by atoms with Gasteiger partial charge in [0.05, 0.1) is 24.5 Å². The van der Waals surface area contributed by atoms with Crippen molar-refractivity contribution in [2.75, 3.05) is 26.2 Å². The number of aliphatic hydroxyl groups excluding tert-OH is 1. The molecule has 8 nitrogen and oxygen atoms in total. The van der Waals surface area contributed by atoms with Crippen LogP contribution in [-0.4, -0.2) is 81.5 Å². The molecule has 3 amide bonds. The van der Waals surface area contributed by atoms with Crippen LogP contribution in [-0.2, 0) is 32.2 Å². The van der Waals surface area contributed by atoms with Gasteiger partial charge in [-0.05, 0) is 24.0 Å². The van der Waals surface area contributed by atoms with Crippen LogP contribution in [0.4, 0.5) is 0 Å². The minimum Gasteiger partial charge on any atom is -0.395 e. The molecule has 1 spiro atoms. The van der Waals surface area contributed by atoms with E-state index in [9.17, 15) is 19.5 Å². The van der Waals surface area contributed by atoms with Gasteiger partial charge in [-0.2, -0.15) is 0 Å². The zero-order valence-corrected chi connectivity index (χ0v) is 22.7. The number of carbonyl (C=O) groups is 3. The molecular weight excluding hydrogens is 506 g/mol. The van der Waals surface area contributed by atoms with E-state index in [4.69, 9.17) is 4.74 Å². The number of aliphatic hydroxyl groups is 1. The SMILES string of the molecule is C=CCN(Cc1ccccc1)C(=O)C1N(CCO)C(=O)[C@@H]2[C@@H](C(=O)N(CC=C)Cc3ccccc3)[C@H]3CCC12O3. The number of hydrogen-bond donors (Lipinski definition) is 1. The van der Waals surface area contributed by atoms with Crippen molar-refractivity contribution in [1.29, 1.82) is 0 Å². The Morgan fingerprint density at radius 2 is 1.50 bits per heavy atom. The van der Waals surface area contributed by atoms with Crippen molar-refractivity contribution in [3.63, 3.8) is 0 Å². The van der Waals surface area contributed by atoms with Gasteiger partial charge >= 0.3 is 0 Å². The van der Waals surface area contributed by atoms with Gasteiger partial charge in [-0.1, -0.05) is 72.8 Å². The summed E-state index contributed by atoms with van der Waals surface area (Å²) >= 11 is 0. The first kappa shape index (κ1) is 27.8. The number of likely N-dealkylation sites (tertiary alicyclic amines) is 1. The first-order valence-electron chi connectivity index (χ1n) is 13.9. The van der Waals surface area contributed by atoms with Crippen LogP contribution in [0.15, 0.2) is 86.0 Å². The summed E-state index contributed by atoms with van der Waals surface area (Å²) in [6, 6.07) is 18.4. The highest BCUT2D eigenvalue weighted by molar-refractivity contribution is 5.99. The molecule has 3 heterocycles. The fraction of sp³-hybridized carbons (Fsp3) is 0.406. The van der Waals surface area contributed by atoms with E-state index in [1.807, 2.05) is 60.7 Å². The first-order valence-corrected chi connectivity index (χ1v) is 13.9. The van der Waals surface area contributed by atoms with Crippen molar-refractivity contribution in [2.45, 2.75) is 43.7 Å². The van der Waals surface area contributed by atoms with Gasteiger partial charge in [0.1, 0.15) is 11.6 Å². The average molecular weight is 544 g/mol. The Morgan fingerprint density at radius 3 is 2.02 bits per heavy atom. The van der Waals surface area contributed by atoms with E-state index in [0.717, 1.165) is 11.1 Å². The molecule has 210 valence electrons.